The molecule has 7 heteroatoms. The van der Waals surface area contributed by atoms with Crippen LogP contribution in [0.4, 0.5) is 5.82 Å². The second kappa shape index (κ2) is 4.69. The first-order valence-corrected chi connectivity index (χ1v) is 7.42. The molecule has 0 aliphatic rings. The van der Waals surface area contributed by atoms with Crippen molar-refractivity contribution in [2.75, 3.05) is 5.73 Å². The number of rotatable bonds is 2. The van der Waals surface area contributed by atoms with Crippen molar-refractivity contribution < 1.29 is 4.42 Å². The van der Waals surface area contributed by atoms with Crippen molar-refractivity contribution in [1.29, 1.82) is 0 Å². The van der Waals surface area contributed by atoms with Gasteiger partial charge in [0.05, 0.1) is 18.2 Å². The lowest BCUT2D eigenvalue weighted by molar-refractivity contribution is 0.577. The van der Waals surface area contributed by atoms with Gasteiger partial charge in [-0.2, -0.15) is 0 Å². The number of nitrogen functional groups attached to an aromatic ring is 1. The average molecular weight is 316 g/mol. The van der Waals surface area contributed by atoms with Crippen LogP contribution in [0.1, 0.15) is 0 Å². The Balaban J connectivity index is 1.69. The Morgan fingerprint density at radius 3 is 2.96 bits per heavy atom. The van der Waals surface area contributed by atoms with Crippen LogP contribution >= 0.6 is 0 Å². The summed E-state index contributed by atoms with van der Waals surface area (Å²) < 4.78 is 6.97. The Kier molecular flexibility index (Phi) is 2.52. The van der Waals surface area contributed by atoms with Gasteiger partial charge < -0.3 is 15.1 Å². The predicted octanol–water partition coefficient (Wildman–Crippen LogP) is 3.11. The third kappa shape index (κ3) is 1.88. The van der Waals surface area contributed by atoms with E-state index in [4.69, 9.17) is 10.2 Å². The molecule has 0 unspecified atom stereocenters. The van der Waals surface area contributed by atoms with Crippen LogP contribution in [-0.4, -0.2) is 24.6 Å². The lowest BCUT2D eigenvalue weighted by atomic mass is 10.1. The van der Waals surface area contributed by atoms with Crippen molar-refractivity contribution >= 4 is 22.4 Å². The first kappa shape index (κ1) is 12.9. The quantitative estimate of drug-likeness (QED) is 0.521. The molecule has 0 radical (unpaired) electrons. The van der Waals surface area contributed by atoms with E-state index in [2.05, 4.69) is 20.1 Å². The highest BCUT2D eigenvalue weighted by Gasteiger charge is 2.13. The van der Waals surface area contributed by atoms with E-state index < -0.39 is 0 Å². The number of furan rings is 1. The van der Waals surface area contributed by atoms with Gasteiger partial charge in [-0.1, -0.05) is 12.1 Å². The van der Waals surface area contributed by atoms with Crippen molar-refractivity contribution in [2.24, 2.45) is 0 Å². The van der Waals surface area contributed by atoms with Gasteiger partial charge in [0.1, 0.15) is 0 Å². The zero-order valence-corrected chi connectivity index (χ0v) is 12.5. The second-order valence-electron chi connectivity index (χ2n) is 5.47. The molecule has 116 valence electrons. The molecule has 0 aliphatic heterocycles. The van der Waals surface area contributed by atoms with E-state index in [0.717, 1.165) is 22.2 Å². The molecule has 0 aliphatic carbocycles. The molecule has 0 spiro atoms. The third-order valence-corrected chi connectivity index (χ3v) is 3.94. The maximum absolute atomic E-state index is 6.08. The first-order chi connectivity index (χ1) is 11.8. The Morgan fingerprint density at radius 2 is 2.08 bits per heavy atom. The van der Waals surface area contributed by atoms with Gasteiger partial charge in [-0.25, -0.2) is 14.5 Å². The third-order valence-electron chi connectivity index (χ3n) is 3.94. The van der Waals surface area contributed by atoms with E-state index in [1.807, 2.05) is 36.7 Å². The molecule has 0 saturated heterocycles. The molecule has 0 amide bonds. The normalized spacial score (nSPS) is 11.5. The number of nitrogens with two attached hydrogens (primary N) is 1. The molecule has 0 bridgehead atoms. The molecule has 3 N–H and O–H groups in total. The van der Waals surface area contributed by atoms with Crippen molar-refractivity contribution in [1.82, 2.24) is 24.6 Å². The fourth-order valence-corrected chi connectivity index (χ4v) is 2.77. The summed E-state index contributed by atoms with van der Waals surface area (Å²) >= 11 is 0. The Morgan fingerprint density at radius 1 is 1.12 bits per heavy atom. The molecule has 5 rings (SSSR count). The molecule has 0 atom stereocenters. The minimum Gasteiger partial charge on any atom is -0.461 e. The van der Waals surface area contributed by atoms with Crippen LogP contribution < -0.4 is 5.73 Å². The molecular weight excluding hydrogens is 304 g/mol. The summed E-state index contributed by atoms with van der Waals surface area (Å²) in [7, 11) is 0. The van der Waals surface area contributed by atoms with Crippen molar-refractivity contribution in [3.05, 3.63) is 55.1 Å². The highest BCUT2D eigenvalue weighted by Crippen LogP contribution is 2.25. The van der Waals surface area contributed by atoms with Crippen molar-refractivity contribution in [3.8, 4) is 22.8 Å². The van der Waals surface area contributed by atoms with Crippen LogP contribution in [0, 0.1) is 0 Å². The molecular formula is C17H12N6O. The van der Waals surface area contributed by atoms with Gasteiger partial charge in [0.15, 0.2) is 17.2 Å². The van der Waals surface area contributed by atoms with Crippen molar-refractivity contribution in [3.63, 3.8) is 0 Å². The number of benzene rings is 1. The number of aromatic amines is 1. The van der Waals surface area contributed by atoms with Crippen LogP contribution in [0.15, 0.2) is 59.5 Å². The molecule has 7 nitrogen and oxygen atoms in total. The molecule has 4 heterocycles. The van der Waals surface area contributed by atoms with Gasteiger partial charge in [0, 0.05) is 17.3 Å². The van der Waals surface area contributed by atoms with E-state index in [1.165, 1.54) is 0 Å². The maximum atomic E-state index is 6.08. The summed E-state index contributed by atoms with van der Waals surface area (Å²) in [6.07, 6.45) is 5.31. The summed E-state index contributed by atoms with van der Waals surface area (Å²) in [5, 5.41) is 5.59. The highest BCUT2D eigenvalue weighted by molar-refractivity contribution is 5.84. The summed E-state index contributed by atoms with van der Waals surface area (Å²) in [6.45, 7) is 0. The van der Waals surface area contributed by atoms with E-state index in [1.54, 1.807) is 22.9 Å². The number of aromatic nitrogens is 5. The van der Waals surface area contributed by atoms with E-state index in [9.17, 15) is 0 Å². The van der Waals surface area contributed by atoms with Crippen LogP contribution in [0.3, 0.4) is 0 Å². The fraction of sp³-hybridized carbons (Fsp3) is 0. The number of fused-ring (bicyclic) bond motifs is 2. The summed E-state index contributed by atoms with van der Waals surface area (Å²) in [6, 6.07) is 11.7. The standard InChI is InChI=1S/C17H12N6O/c18-15-17-21-16(14-2-1-7-24-14)22-23(17)9-13(20-15)11-4-3-10-5-6-19-12(10)8-11/h1-9,19H,(H2,18,20). The second-order valence-corrected chi connectivity index (χ2v) is 5.47. The monoisotopic (exact) mass is 316 g/mol. The molecule has 24 heavy (non-hydrogen) atoms. The summed E-state index contributed by atoms with van der Waals surface area (Å²) in [5.74, 6) is 1.39. The fourth-order valence-electron chi connectivity index (χ4n) is 2.77. The number of anilines is 1. The number of hydrogen-bond acceptors (Lipinski definition) is 5. The molecule has 4 aromatic heterocycles. The zero-order chi connectivity index (χ0) is 16.1. The predicted molar refractivity (Wildman–Crippen MR) is 90.2 cm³/mol. The van der Waals surface area contributed by atoms with E-state index >= 15 is 0 Å². The number of hydrogen-bond donors (Lipinski definition) is 2. The number of H-pyrrole nitrogens is 1. The first-order valence-electron chi connectivity index (χ1n) is 7.42. The van der Waals surface area contributed by atoms with Gasteiger partial charge in [0.25, 0.3) is 0 Å². The largest absolute Gasteiger partial charge is 0.461 e. The van der Waals surface area contributed by atoms with E-state index in [0.29, 0.717) is 23.0 Å². The van der Waals surface area contributed by atoms with Crippen LogP contribution in [0.2, 0.25) is 0 Å². The zero-order valence-electron chi connectivity index (χ0n) is 12.5. The van der Waals surface area contributed by atoms with Gasteiger partial charge in [-0.3, -0.25) is 0 Å². The van der Waals surface area contributed by atoms with Gasteiger partial charge in [-0.15, -0.1) is 5.10 Å². The maximum Gasteiger partial charge on any atom is 0.218 e. The highest BCUT2D eigenvalue weighted by atomic mass is 16.3. The van der Waals surface area contributed by atoms with Gasteiger partial charge >= 0.3 is 0 Å². The van der Waals surface area contributed by atoms with Crippen LogP contribution in [-0.2, 0) is 0 Å². The molecule has 0 fully saturated rings. The number of nitrogens with one attached hydrogen (secondary N) is 1. The van der Waals surface area contributed by atoms with Crippen LogP contribution in [0.25, 0.3) is 39.4 Å². The Bertz CT molecular complexity index is 1170. The lowest BCUT2D eigenvalue weighted by Crippen LogP contribution is -1.99. The molecule has 5 aromatic rings. The SMILES string of the molecule is Nc1nc(-c2ccc3cc[nH]c3c2)cn2nc(-c3ccco3)nc12. The Labute approximate surface area is 135 Å². The average Bonchev–Trinajstić information content (AvgIpc) is 3.32. The lowest BCUT2D eigenvalue weighted by Gasteiger charge is -2.04. The summed E-state index contributed by atoms with van der Waals surface area (Å²) in [5.41, 5.74) is 9.31. The molecule has 1 aromatic carbocycles. The summed E-state index contributed by atoms with van der Waals surface area (Å²) in [4.78, 5) is 12.1. The molecule has 0 saturated carbocycles. The Hall–Kier alpha value is -3.61. The van der Waals surface area contributed by atoms with Crippen LogP contribution in [0.5, 0.6) is 0 Å². The topological polar surface area (TPSA) is 98.0 Å². The number of nitrogens with zero attached hydrogens (tertiary/aromatic N) is 4. The minimum atomic E-state index is 0.324. The van der Waals surface area contributed by atoms with E-state index in [-0.39, 0.29) is 0 Å². The smallest absolute Gasteiger partial charge is 0.218 e. The van der Waals surface area contributed by atoms with Gasteiger partial charge in [-0.05, 0) is 29.7 Å². The minimum absolute atomic E-state index is 0.324. The van der Waals surface area contributed by atoms with Crippen molar-refractivity contribution in [2.45, 2.75) is 0 Å². The van der Waals surface area contributed by atoms with Gasteiger partial charge in [0.2, 0.25) is 5.82 Å².